The average molecular weight is 444 g/mol. The van der Waals surface area contributed by atoms with Gasteiger partial charge in [-0.25, -0.2) is 4.68 Å². The quantitative estimate of drug-likeness (QED) is 0.566. The summed E-state index contributed by atoms with van der Waals surface area (Å²) >= 11 is 5.60. The van der Waals surface area contributed by atoms with Gasteiger partial charge in [-0.1, -0.05) is 0 Å². The highest BCUT2D eigenvalue weighted by Gasteiger charge is 2.54. The van der Waals surface area contributed by atoms with E-state index in [0.717, 1.165) is 11.4 Å². The third-order valence-corrected chi connectivity index (χ3v) is 6.70. The first-order valence-corrected chi connectivity index (χ1v) is 10.9. The number of aliphatic hydroxyl groups is 2. The van der Waals surface area contributed by atoms with E-state index in [2.05, 4.69) is 10.4 Å². The highest BCUT2D eigenvalue weighted by atomic mass is 32.1. The van der Waals surface area contributed by atoms with Crippen molar-refractivity contribution in [3.8, 4) is 5.69 Å². The lowest BCUT2D eigenvalue weighted by Crippen LogP contribution is -2.61. The Labute approximate surface area is 185 Å². The summed E-state index contributed by atoms with van der Waals surface area (Å²) < 4.78 is 7.14. The second-order valence-electron chi connectivity index (χ2n) is 8.14. The molecule has 164 valence electrons. The van der Waals surface area contributed by atoms with Gasteiger partial charge in [0.1, 0.15) is 6.10 Å². The predicted octanol–water partition coefficient (Wildman–Crippen LogP) is -0.0955. The van der Waals surface area contributed by atoms with Crippen molar-refractivity contribution in [3.05, 3.63) is 42.7 Å². The zero-order valence-corrected chi connectivity index (χ0v) is 17.7. The molecule has 0 radical (unpaired) electrons. The van der Waals surface area contributed by atoms with Crippen LogP contribution in [-0.4, -0.2) is 86.5 Å². The van der Waals surface area contributed by atoms with E-state index in [1.807, 2.05) is 41.4 Å². The average Bonchev–Trinajstić information content (AvgIpc) is 3.45. The number of fused-ring (bicyclic) bond motifs is 1. The lowest BCUT2D eigenvalue weighted by atomic mass is 9.77. The fraction of sp³-hybridized carbons (Fsp3) is 0.476. The van der Waals surface area contributed by atoms with Crippen molar-refractivity contribution in [2.24, 2.45) is 5.92 Å². The van der Waals surface area contributed by atoms with Crippen molar-refractivity contribution >= 4 is 28.9 Å². The number of amides is 1. The van der Waals surface area contributed by atoms with Crippen LogP contribution in [0.25, 0.3) is 5.69 Å². The number of hydrogen-bond acceptors (Lipinski definition) is 6. The Hall–Kier alpha value is -2.53. The number of morpholine rings is 1. The van der Waals surface area contributed by atoms with Crippen molar-refractivity contribution < 1.29 is 19.7 Å². The Morgan fingerprint density at radius 2 is 1.87 bits per heavy atom. The molecule has 9 nitrogen and oxygen atoms in total. The number of hydrogen-bond donors (Lipinski definition) is 3. The molecule has 10 heteroatoms. The minimum atomic E-state index is -1.01. The van der Waals surface area contributed by atoms with Crippen LogP contribution in [0.2, 0.25) is 0 Å². The first-order valence-electron chi connectivity index (χ1n) is 10.5. The number of nitrogens with zero attached hydrogens (tertiary/aromatic N) is 4. The van der Waals surface area contributed by atoms with E-state index in [1.165, 1.54) is 0 Å². The first kappa shape index (κ1) is 20.4. The molecule has 1 amide bonds. The Kier molecular flexibility index (Phi) is 5.39. The van der Waals surface area contributed by atoms with Crippen LogP contribution in [0.4, 0.5) is 5.69 Å². The van der Waals surface area contributed by atoms with E-state index in [9.17, 15) is 15.0 Å². The molecular formula is C21H25N5O4S. The normalized spacial score (nSPS) is 30.8. The van der Waals surface area contributed by atoms with E-state index in [-0.39, 0.29) is 12.3 Å². The minimum absolute atomic E-state index is 0.0334. The van der Waals surface area contributed by atoms with Gasteiger partial charge in [0.2, 0.25) is 5.91 Å². The van der Waals surface area contributed by atoms with Gasteiger partial charge >= 0.3 is 0 Å². The number of carbonyl (C=O) groups is 1. The van der Waals surface area contributed by atoms with Gasteiger partial charge < -0.3 is 30.1 Å². The van der Waals surface area contributed by atoms with Gasteiger partial charge in [-0.3, -0.25) is 4.79 Å². The number of ether oxygens (including phenoxy) is 1. The SMILES string of the molecule is O=C([C@@H]1C[C@@H](O)[C@H](O)[C@@H]2NC(=S)N(c3ccc(-n4cccn4)cc3)[C@H]21)N1CCOCC1. The number of benzene rings is 1. The number of nitrogens with one attached hydrogen (secondary N) is 1. The first-order chi connectivity index (χ1) is 15.0. The van der Waals surface area contributed by atoms with Gasteiger partial charge in [0, 0.05) is 31.2 Å². The molecule has 2 saturated heterocycles. The molecule has 0 bridgehead atoms. The molecule has 3 heterocycles. The molecule has 0 unspecified atom stereocenters. The monoisotopic (exact) mass is 443 g/mol. The lowest BCUT2D eigenvalue weighted by Gasteiger charge is -2.43. The van der Waals surface area contributed by atoms with E-state index < -0.39 is 30.2 Å². The standard InChI is InChI=1S/C21H25N5O4S/c27-16-12-15(20(29)24-8-10-30-11-9-24)18-17(19(16)28)23-21(31)26(18)14-4-2-13(3-5-14)25-7-1-6-22-25/h1-7,15-19,27-28H,8-12H2,(H,23,31)/t15-,16-,17-,18+,19+/m1/s1. The van der Waals surface area contributed by atoms with E-state index in [1.54, 1.807) is 15.8 Å². The molecule has 5 atom stereocenters. The number of rotatable bonds is 3. The number of aliphatic hydroxyl groups excluding tert-OH is 2. The molecule has 3 fully saturated rings. The summed E-state index contributed by atoms with van der Waals surface area (Å²) in [6.07, 6.45) is 1.76. The van der Waals surface area contributed by atoms with Gasteiger partial charge in [0.05, 0.1) is 43.0 Å². The van der Waals surface area contributed by atoms with E-state index >= 15 is 0 Å². The molecule has 31 heavy (non-hydrogen) atoms. The van der Waals surface area contributed by atoms with Crippen molar-refractivity contribution in [2.45, 2.75) is 30.7 Å². The number of anilines is 1. The third-order valence-electron chi connectivity index (χ3n) is 6.38. The maximum absolute atomic E-state index is 13.4. The van der Waals surface area contributed by atoms with E-state index in [4.69, 9.17) is 17.0 Å². The number of carbonyl (C=O) groups excluding carboxylic acids is 1. The Morgan fingerprint density at radius 1 is 1.16 bits per heavy atom. The number of aromatic nitrogens is 2. The molecule has 2 aromatic rings. The van der Waals surface area contributed by atoms with Crippen LogP contribution in [0.1, 0.15) is 6.42 Å². The summed E-state index contributed by atoms with van der Waals surface area (Å²) in [5.74, 6) is -0.533. The van der Waals surface area contributed by atoms with Crippen molar-refractivity contribution in [3.63, 3.8) is 0 Å². The molecule has 3 N–H and O–H groups in total. The molecule has 1 saturated carbocycles. The summed E-state index contributed by atoms with van der Waals surface area (Å²) in [5.41, 5.74) is 1.73. The molecule has 1 aromatic carbocycles. The highest BCUT2D eigenvalue weighted by molar-refractivity contribution is 7.80. The summed E-state index contributed by atoms with van der Waals surface area (Å²) in [7, 11) is 0. The molecule has 5 rings (SSSR count). The zero-order valence-electron chi connectivity index (χ0n) is 16.9. The fourth-order valence-corrected chi connectivity index (χ4v) is 5.19. The topological polar surface area (TPSA) is 103 Å². The van der Waals surface area contributed by atoms with E-state index in [0.29, 0.717) is 31.4 Å². The highest BCUT2D eigenvalue weighted by Crippen LogP contribution is 2.37. The predicted molar refractivity (Wildman–Crippen MR) is 117 cm³/mol. The summed E-state index contributed by atoms with van der Waals surface area (Å²) in [5, 5.41) is 29.0. The molecule has 1 aromatic heterocycles. The molecule has 3 aliphatic rings. The van der Waals surface area contributed by atoms with Gasteiger partial charge in [0.15, 0.2) is 5.11 Å². The van der Waals surface area contributed by atoms with Gasteiger partial charge in [0.25, 0.3) is 0 Å². The minimum Gasteiger partial charge on any atom is -0.390 e. The largest absolute Gasteiger partial charge is 0.390 e. The third kappa shape index (κ3) is 3.59. The van der Waals surface area contributed by atoms with Crippen molar-refractivity contribution in [1.82, 2.24) is 20.0 Å². The summed E-state index contributed by atoms with van der Waals surface area (Å²) in [6, 6.07) is 8.67. The van der Waals surface area contributed by atoms with Gasteiger partial charge in [-0.2, -0.15) is 5.10 Å². The fourth-order valence-electron chi connectivity index (χ4n) is 4.83. The maximum atomic E-state index is 13.4. The molecule has 2 aliphatic heterocycles. The van der Waals surface area contributed by atoms with Crippen LogP contribution in [0.3, 0.4) is 0 Å². The van der Waals surface area contributed by atoms with Crippen LogP contribution < -0.4 is 10.2 Å². The summed E-state index contributed by atoms with van der Waals surface area (Å²) in [6.45, 7) is 2.07. The number of thiocarbonyl (C=S) groups is 1. The lowest BCUT2D eigenvalue weighted by molar-refractivity contribution is -0.145. The Balaban J connectivity index is 1.46. The van der Waals surface area contributed by atoms with Gasteiger partial charge in [-0.15, -0.1) is 0 Å². The smallest absolute Gasteiger partial charge is 0.228 e. The molecule has 1 aliphatic carbocycles. The molecule has 0 spiro atoms. The second-order valence-corrected chi connectivity index (χ2v) is 8.53. The van der Waals surface area contributed by atoms with Crippen LogP contribution >= 0.6 is 12.2 Å². The second kappa shape index (κ2) is 8.19. The van der Waals surface area contributed by atoms with Crippen LogP contribution in [0.5, 0.6) is 0 Å². The molecular weight excluding hydrogens is 418 g/mol. The van der Waals surface area contributed by atoms with Crippen molar-refractivity contribution in [2.75, 3.05) is 31.2 Å². The zero-order chi connectivity index (χ0) is 21.5. The Morgan fingerprint density at radius 3 is 2.55 bits per heavy atom. The van der Waals surface area contributed by atoms with Crippen LogP contribution in [0, 0.1) is 5.92 Å². The Bertz CT molecular complexity index is 947. The van der Waals surface area contributed by atoms with Crippen LogP contribution in [-0.2, 0) is 9.53 Å². The van der Waals surface area contributed by atoms with Crippen molar-refractivity contribution in [1.29, 1.82) is 0 Å². The summed E-state index contributed by atoms with van der Waals surface area (Å²) in [4.78, 5) is 17.1. The maximum Gasteiger partial charge on any atom is 0.228 e. The van der Waals surface area contributed by atoms with Crippen LogP contribution in [0.15, 0.2) is 42.7 Å². The van der Waals surface area contributed by atoms with Gasteiger partial charge in [-0.05, 0) is 49.0 Å².